The molecule has 1 atom stereocenters. The molecule has 4 N–H and O–H groups in total. The van der Waals surface area contributed by atoms with Gasteiger partial charge < -0.3 is 16.2 Å². The van der Waals surface area contributed by atoms with Crippen LogP contribution in [0.3, 0.4) is 0 Å². The fraction of sp³-hybridized carbons (Fsp3) is 0.500. The summed E-state index contributed by atoms with van der Waals surface area (Å²) >= 11 is 5.94. The molecule has 1 rings (SSSR count). The standard InChI is InChI=1S/C10H15ClN4O2/c1-2-3-6-8(11)14-5-15-10(6)13-4-7(16)9(12)17/h5,7,16H,2-4H2,1H3,(H2,12,17)(H,13,14,15). The lowest BCUT2D eigenvalue weighted by Crippen LogP contribution is -2.34. The van der Waals surface area contributed by atoms with Crippen LogP contribution in [-0.4, -0.2) is 33.6 Å². The third-order valence-electron chi connectivity index (χ3n) is 2.18. The maximum atomic E-state index is 10.7. The van der Waals surface area contributed by atoms with Crippen molar-refractivity contribution >= 4 is 23.3 Å². The fourth-order valence-corrected chi connectivity index (χ4v) is 1.54. The summed E-state index contributed by atoms with van der Waals surface area (Å²) in [6, 6.07) is 0. The minimum atomic E-state index is -1.25. The Labute approximate surface area is 104 Å². The number of aliphatic hydroxyl groups excluding tert-OH is 1. The maximum absolute atomic E-state index is 10.7. The zero-order valence-electron chi connectivity index (χ0n) is 9.48. The van der Waals surface area contributed by atoms with Crippen molar-refractivity contribution in [2.24, 2.45) is 5.73 Å². The molecule has 0 spiro atoms. The molecule has 0 fully saturated rings. The van der Waals surface area contributed by atoms with Gasteiger partial charge in [-0.3, -0.25) is 4.79 Å². The van der Waals surface area contributed by atoms with E-state index in [-0.39, 0.29) is 6.54 Å². The van der Waals surface area contributed by atoms with E-state index in [1.807, 2.05) is 6.92 Å². The average Bonchev–Trinajstić information content (AvgIpc) is 2.29. The molecule has 0 aromatic carbocycles. The Balaban J connectivity index is 2.76. The predicted molar refractivity (Wildman–Crippen MR) is 64.7 cm³/mol. The summed E-state index contributed by atoms with van der Waals surface area (Å²) in [5.41, 5.74) is 5.71. The van der Waals surface area contributed by atoms with Crippen LogP contribution in [0, 0.1) is 0 Å². The molecule has 17 heavy (non-hydrogen) atoms. The molecule has 1 amide bonds. The summed E-state index contributed by atoms with van der Waals surface area (Å²) in [6.45, 7) is 2.00. The zero-order valence-corrected chi connectivity index (χ0v) is 10.2. The molecular formula is C10H15ClN4O2. The van der Waals surface area contributed by atoms with Crippen LogP contribution < -0.4 is 11.1 Å². The first-order valence-electron chi connectivity index (χ1n) is 5.26. The predicted octanol–water partition coefficient (Wildman–Crippen LogP) is 0.341. The molecule has 94 valence electrons. The molecule has 0 saturated heterocycles. The highest BCUT2D eigenvalue weighted by Crippen LogP contribution is 2.21. The first kappa shape index (κ1) is 13.7. The lowest BCUT2D eigenvalue weighted by Gasteiger charge is -2.12. The number of aliphatic hydroxyl groups is 1. The van der Waals surface area contributed by atoms with Crippen molar-refractivity contribution < 1.29 is 9.90 Å². The highest BCUT2D eigenvalue weighted by atomic mass is 35.5. The van der Waals surface area contributed by atoms with Crippen molar-refractivity contribution in [1.82, 2.24) is 9.97 Å². The topological polar surface area (TPSA) is 101 Å². The highest BCUT2D eigenvalue weighted by molar-refractivity contribution is 6.30. The number of hydrogen-bond acceptors (Lipinski definition) is 5. The van der Waals surface area contributed by atoms with Crippen LogP contribution in [-0.2, 0) is 11.2 Å². The molecule has 0 radical (unpaired) electrons. The van der Waals surface area contributed by atoms with E-state index in [1.165, 1.54) is 6.33 Å². The van der Waals surface area contributed by atoms with E-state index in [2.05, 4.69) is 15.3 Å². The van der Waals surface area contributed by atoms with Crippen LogP contribution in [0.15, 0.2) is 6.33 Å². The normalized spacial score (nSPS) is 12.2. The quantitative estimate of drug-likeness (QED) is 0.639. The Bertz CT molecular complexity index is 400. The number of nitrogens with zero attached hydrogens (tertiary/aromatic N) is 2. The first-order valence-corrected chi connectivity index (χ1v) is 5.64. The number of aromatic nitrogens is 2. The van der Waals surface area contributed by atoms with Gasteiger partial charge in [-0.15, -0.1) is 0 Å². The van der Waals surface area contributed by atoms with Crippen LogP contribution in [0.2, 0.25) is 5.15 Å². The highest BCUT2D eigenvalue weighted by Gasteiger charge is 2.13. The monoisotopic (exact) mass is 258 g/mol. The van der Waals surface area contributed by atoms with Crippen molar-refractivity contribution in [3.63, 3.8) is 0 Å². The van der Waals surface area contributed by atoms with Gasteiger partial charge in [0.15, 0.2) is 0 Å². The van der Waals surface area contributed by atoms with E-state index in [0.29, 0.717) is 17.4 Å². The summed E-state index contributed by atoms with van der Waals surface area (Å²) < 4.78 is 0. The van der Waals surface area contributed by atoms with Gasteiger partial charge in [0.1, 0.15) is 23.4 Å². The number of carbonyl (C=O) groups is 1. The molecule has 0 aliphatic heterocycles. The molecule has 7 heteroatoms. The van der Waals surface area contributed by atoms with Crippen molar-refractivity contribution in [1.29, 1.82) is 0 Å². The number of amides is 1. The molecule has 0 bridgehead atoms. The largest absolute Gasteiger partial charge is 0.381 e. The first-order chi connectivity index (χ1) is 8.06. The lowest BCUT2D eigenvalue weighted by atomic mass is 10.2. The van der Waals surface area contributed by atoms with Gasteiger partial charge >= 0.3 is 0 Å². The number of anilines is 1. The number of halogens is 1. The molecule has 0 aliphatic rings. The van der Waals surface area contributed by atoms with E-state index >= 15 is 0 Å². The van der Waals surface area contributed by atoms with Crippen LogP contribution in [0.5, 0.6) is 0 Å². The number of rotatable bonds is 6. The Hall–Kier alpha value is -1.40. The summed E-state index contributed by atoms with van der Waals surface area (Å²) in [5.74, 6) is -0.262. The number of primary amides is 1. The Morgan fingerprint density at radius 3 is 2.94 bits per heavy atom. The molecule has 6 nitrogen and oxygen atoms in total. The van der Waals surface area contributed by atoms with Gasteiger partial charge in [-0.25, -0.2) is 9.97 Å². The van der Waals surface area contributed by atoms with Crippen LogP contribution in [0.1, 0.15) is 18.9 Å². The second-order valence-corrected chi connectivity index (χ2v) is 3.90. The molecule has 1 heterocycles. The van der Waals surface area contributed by atoms with E-state index in [4.69, 9.17) is 17.3 Å². The Kier molecular flexibility index (Phi) is 5.11. The minimum absolute atomic E-state index is 0.000605. The van der Waals surface area contributed by atoms with E-state index in [0.717, 1.165) is 12.0 Å². The molecule has 1 unspecified atom stereocenters. The number of nitrogens with one attached hydrogen (secondary N) is 1. The van der Waals surface area contributed by atoms with Gasteiger partial charge in [-0.1, -0.05) is 24.9 Å². The summed E-state index contributed by atoms with van der Waals surface area (Å²) in [5, 5.41) is 12.5. The smallest absolute Gasteiger partial charge is 0.248 e. The van der Waals surface area contributed by atoms with Gasteiger partial charge in [0.2, 0.25) is 5.91 Å². The van der Waals surface area contributed by atoms with E-state index in [9.17, 15) is 9.90 Å². The molecule has 0 saturated carbocycles. The number of hydrogen-bond donors (Lipinski definition) is 3. The van der Waals surface area contributed by atoms with Gasteiger partial charge in [0, 0.05) is 5.56 Å². The van der Waals surface area contributed by atoms with Crippen LogP contribution >= 0.6 is 11.6 Å². The Morgan fingerprint density at radius 1 is 1.65 bits per heavy atom. The molecular weight excluding hydrogens is 244 g/mol. The van der Waals surface area contributed by atoms with E-state index in [1.54, 1.807) is 0 Å². The zero-order chi connectivity index (χ0) is 12.8. The summed E-state index contributed by atoms with van der Waals surface area (Å²) in [7, 11) is 0. The second kappa shape index (κ2) is 6.36. The van der Waals surface area contributed by atoms with Crippen molar-refractivity contribution in [2.45, 2.75) is 25.9 Å². The maximum Gasteiger partial charge on any atom is 0.248 e. The number of nitrogens with two attached hydrogens (primary N) is 1. The van der Waals surface area contributed by atoms with Crippen LogP contribution in [0.25, 0.3) is 0 Å². The number of carbonyl (C=O) groups excluding carboxylic acids is 1. The van der Waals surface area contributed by atoms with Gasteiger partial charge in [-0.05, 0) is 6.42 Å². The van der Waals surface area contributed by atoms with Crippen molar-refractivity contribution in [2.75, 3.05) is 11.9 Å². The van der Waals surface area contributed by atoms with Crippen LogP contribution in [0.4, 0.5) is 5.82 Å². The lowest BCUT2D eigenvalue weighted by molar-refractivity contribution is -0.125. The minimum Gasteiger partial charge on any atom is -0.381 e. The molecule has 1 aromatic heterocycles. The Morgan fingerprint density at radius 2 is 2.35 bits per heavy atom. The molecule has 0 aliphatic carbocycles. The van der Waals surface area contributed by atoms with Gasteiger partial charge in [0.05, 0.1) is 6.54 Å². The van der Waals surface area contributed by atoms with Crippen molar-refractivity contribution in [3.8, 4) is 0 Å². The summed E-state index contributed by atoms with van der Waals surface area (Å²) in [4.78, 5) is 18.6. The SMILES string of the molecule is CCCc1c(Cl)ncnc1NCC(O)C(N)=O. The average molecular weight is 259 g/mol. The second-order valence-electron chi connectivity index (χ2n) is 3.54. The third-order valence-corrected chi connectivity index (χ3v) is 2.51. The van der Waals surface area contributed by atoms with Gasteiger partial charge in [0.25, 0.3) is 0 Å². The third kappa shape index (κ3) is 3.83. The summed E-state index contributed by atoms with van der Waals surface area (Å²) in [6.07, 6.45) is 1.67. The van der Waals surface area contributed by atoms with E-state index < -0.39 is 12.0 Å². The molecule has 1 aromatic rings. The van der Waals surface area contributed by atoms with Gasteiger partial charge in [-0.2, -0.15) is 0 Å². The van der Waals surface area contributed by atoms with Crippen molar-refractivity contribution in [3.05, 3.63) is 17.0 Å². The fourth-order valence-electron chi connectivity index (χ4n) is 1.31.